The molecule has 1 N–H and O–H groups in total. The first-order valence-electron chi connectivity index (χ1n) is 8.04. The van der Waals surface area contributed by atoms with Crippen LogP contribution in [0.4, 0.5) is 0 Å². The van der Waals surface area contributed by atoms with E-state index in [9.17, 15) is 13.5 Å². The Labute approximate surface area is 153 Å². The molecule has 1 aromatic carbocycles. The molecular formula is C17H26O8S. The van der Waals surface area contributed by atoms with E-state index in [1.54, 1.807) is 12.1 Å². The van der Waals surface area contributed by atoms with Crippen molar-refractivity contribution in [2.24, 2.45) is 0 Å². The van der Waals surface area contributed by atoms with Gasteiger partial charge in [-0.05, 0) is 19.1 Å². The lowest BCUT2D eigenvalue weighted by Gasteiger charge is -2.49. The summed E-state index contributed by atoms with van der Waals surface area (Å²) in [5.74, 6) is 0. The molecule has 0 aliphatic carbocycles. The predicted octanol–water partition coefficient (Wildman–Crippen LogP) is 0.505. The first-order valence-corrected chi connectivity index (χ1v) is 9.52. The molecule has 1 saturated heterocycles. The van der Waals surface area contributed by atoms with Crippen molar-refractivity contribution in [2.75, 3.05) is 35.0 Å². The van der Waals surface area contributed by atoms with Gasteiger partial charge in [0.2, 0.25) is 14.8 Å². The van der Waals surface area contributed by atoms with E-state index in [1.807, 2.05) is 6.92 Å². The summed E-state index contributed by atoms with van der Waals surface area (Å²) < 4.78 is 53.5. The molecule has 1 aromatic rings. The second kappa shape index (κ2) is 8.30. The van der Waals surface area contributed by atoms with Gasteiger partial charge in [0.15, 0.2) is 12.4 Å². The van der Waals surface area contributed by atoms with Crippen LogP contribution in [0.25, 0.3) is 0 Å². The van der Waals surface area contributed by atoms with Crippen LogP contribution >= 0.6 is 0 Å². The van der Waals surface area contributed by atoms with Crippen molar-refractivity contribution < 1.29 is 37.2 Å². The highest BCUT2D eigenvalue weighted by molar-refractivity contribution is 7.92. The van der Waals surface area contributed by atoms with Crippen molar-refractivity contribution in [1.82, 2.24) is 0 Å². The van der Waals surface area contributed by atoms with Crippen LogP contribution in [-0.2, 0) is 33.5 Å². The Balaban J connectivity index is 2.64. The zero-order valence-electron chi connectivity index (χ0n) is 15.5. The molecule has 8 nitrogen and oxygen atoms in total. The largest absolute Gasteiger partial charge is 0.382 e. The quantitative estimate of drug-likeness (QED) is 0.719. The van der Waals surface area contributed by atoms with Gasteiger partial charge in [-0.1, -0.05) is 17.7 Å². The second-order valence-corrected chi connectivity index (χ2v) is 8.25. The van der Waals surface area contributed by atoms with Crippen LogP contribution < -0.4 is 0 Å². The zero-order chi connectivity index (χ0) is 19.5. The highest BCUT2D eigenvalue weighted by Crippen LogP contribution is 2.41. The van der Waals surface area contributed by atoms with Crippen LogP contribution in [0, 0.1) is 6.92 Å². The molecule has 0 amide bonds. The van der Waals surface area contributed by atoms with E-state index in [0.717, 1.165) is 5.56 Å². The molecule has 0 unspecified atom stereocenters. The number of ether oxygens (including phenoxy) is 5. The summed E-state index contributed by atoms with van der Waals surface area (Å²) in [4.78, 5) is -2.50. The highest BCUT2D eigenvalue weighted by atomic mass is 32.2. The van der Waals surface area contributed by atoms with Crippen LogP contribution in [0.15, 0.2) is 29.2 Å². The first kappa shape index (κ1) is 21.2. The van der Waals surface area contributed by atoms with E-state index in [-0.39, 0.29) is 11.5 Å². The molecule has 9 heteroatoms. The fourth-order valence-electron chi connectivity index (χ4n) is 3.22. The Morgan fingerprint density at radius 3 is 2.08 bits per heavy atom. The Morgan fingerprint density at radius 2 is 1.62 bits per heavy atom. The maximum atomic E-state index is 13.4. The van der Waals surface area contributed by atoms with Crippen LogP contribution in [0.5, 0.6) is 0 Å². The number of rotatable bonds is 7. The number of sulfone groups is 1. The fourth-order valence-corrected chi connectivity index (χ4v) is 5.16. The molecule has 2 rings (SSSR count). The van der Waals surface area contributed by atoms with E-state index < -0.39 is 39.4 Å². The maximum absolute atomic E-state index is 13.4. The van der Waals surface area contributed by atoms with E-state index in [2.05, 4.69) is 0 Å². The van der Waals surface area contributed by atoms with Crippen molar-refractivity contribution in [3.63, 3.8) is 0 Å². The number of methoxy groups -OCH3 is 4. The molecule has 0 radical (unpaired) electrons. The normalized spacial score (nSPS) is 32.5. The first-order chi connectivity index (χ1) is 12.3. The van der Waals surface area contributed by atoms with E-state index in [1.165, 1.54) is 40.6 Å². The lowest BCUT2D eigenvalue weighted by molar-refractivity contribution is -0.314. The highest BCUT2D eigenvalue weighted by Gasteiger charge is 2.65. The van der Waals surface area contributed by atoms with Gasteiger partial charge in [0.05, 0.1) is 11.5 Å². The predicted molar refractivity (Wildman–Crippen MR) is 92.5 cm³/mol. The summed E-state index contributed by atoms with van der Waals surface area (Å²) in [6.45, 7) is 1.84. The SMILES string of the molecule is COC[C@H]1O[C@H](OC)[C@H](OC)[C@](O)(S(=O)(=O)c2ccc(C)cc2)[C@@H]1OC. The van der Waals surface area contributed by atoms with Gasteiger partial charge in [0.25, 0.3) is 0 Å². The van der Waals surface area contributed by atoms with Crippen LogP contribution in [0.3, 0.4) is 0 Å². The molecule has 148 valence electrons. The Hall–Kier alpha value is -1.07. The van der Waals surface area contributed by atoms with Gasteiger partial charge in [-0.3, -0.25) is 0 Å². The monoisotopic (exact) mass is 390 g/mol. The van der Waals surface area contributed by atoms with Crippen LogP contribution in [0.1, 0.15) is 5.56 Å². The van der Waals surface area contributed by atoms with Crippen molar-refractivity contribution in [1.29, 1.82) is 0 Å². The molecule has 1 aliphatic rings. The summed E-state index contributed by atoms with van der Waals surface area (Å²) >= 11 is 0. The molecule has 1 aliphatic heterocycles. The number of benzene rings is 1. The Morgan fingerprint density at radius 1 is 1.04 bits per heavy atom. The third-order valence-corrected chi connectivity index (χ3v) is 6.76. The molecule has 1 fully saturated rings. The van der Waals surface area contributed by atoms with E-state index in [0.29, 0.717) is 0 Å². The molecule has 0 aromatic heterocycles. The zero-order valence-corrected chi connectivity index (χ0v) is 16.4. The van der Waals surface area contributed by atoms with Gasteiger partial charge < -0.3 is 28.8 Å². The van der Waals surface area contributed by atoms with Gasteiger partial charge >= 0.3 is 0 Å². The van der Waals surface area contributed by atoms with Crippen molar-refractivity contribution in [3.05, 3.63) is 29.8 Å². The minimum atomic E-state index is -4.31. The molecular weight excluding hydrogens is 364 g/mol. The minimum absolute atomic E-state index is 0.000525. The third-order valence-electron chi connectivity index (χ3n) is 4.54. The van der Waals surface area contributed by atoms with E-state index in [4.69, 9.17) is 23.7 Å². The molecule has 26 heavy (non-hydrogen) atoms. The molecule has 5 atom stereocenters. The van der Waals surface area contributed by atoms with Gasteiger partial charge in [-0.25, -0.2) is 8.42 Å². The average molecular weight is 390 g/mol. The van der Waals surface area contributed by atoms with Crippen LogP contribution in [0.2, 0.25) is 0 Å². The second-order valence-electron chi connectivity index (χ2n) is 6.11. The third kappa shape index (κ3) is 3.40. The van der Waals surface area contributed by atoms with Crippen molar-refractivity contribution >= 4 is 9.84 Å². The Kier molecular flexibility index (Phi) is 6.78. The van der Waals surface area contributed by atoms with Gasteiger partial charge in [0.1, 0.15) is 12.2 Å². The summed E-state index contributed by atoms with van der Waals surface area (Å²) in [5, 5.41) is 11.5. The summed E-state index contributed by atoms with van der Waals surface area (Å²) in [5.41, 5.74) is 0.890. The standard InChI is InChI=1S/C17H26O8S/c1-11-6-8-12(9-7-11)26(19,20)17(18)14(22-3)13(10-21-2)25-16(24-5)15(17)23-4/h6-9,13-16,18H,10H2,1-5H3/t13-,14-,15+,16+,17-/m1/s1. The van der Waals surface area contributed by atoms with Crippen LogP contribution in [-0.4, -0.2) is 78.1 Å². The summed E-state index contributed by atoms with van der Waals surface area (Å²) in [6.07, 6.45) is -4.61. The average Bonchev–Trinajstić information content (AvgIpc) is 2.61. The van der Waals surface area contributed by atoms with Gasteiger partial charge in [0, 0.05) is 28.4 Å². The number of aliphatic hydroxyl groups is 1. The number of hydrogen-bond donors (Lipinski definition) is 1. The van der Waals surface area contributed by atoms with Gasteiger partial charge in [-0.15, -0.1) is 0 Å². The molecule has 1 heterocycles. The van der Waals surface area contributed by atoms with Crippen molar-refractivity contribution in [2.45, 2.75) is 41.4 Å². The molecule has 0 spiro atoms. The van der Waals surface area contributed by atoms with E-state index >= 15 is 0 Å². The topological polar surface area (TPSA) is 101 Å². The molecule has 0 bridgehead atoms. The lowest BCUT2D eigenvalue weighted by atomic mass is 9.98. The molecule has 0 saturated carbocycles. The number of hydrogen-bond acceptors (Lipinski definition) is 8. The summed E-state index contributed by atoms with van der Waals surface area (Å²) in [7, 11) is 1.05. The smallest absolute Gasteiger partial charge is 0.230 e. The van der Waals surface area contributed by atoms with Gasteiger partial charge in [-0.2, -0.15) is 0 Å². The lowest BCUT2D eigenvalue weighted by Crippen LogP contribution is -2.71. The van der Waals surface area contributed by atoms with Crippen molar-refractivity contribution in [3.8, 4) is 0 Å². The minimum Gasteiger partial charge on any atom is -0.382 e. The number of aryl methyl sites for hydroxylation is 1. The fraction of sp³-hybridized carbons (Fsp3) is 0.647. The Bertz CT molecular complexity index is 689. The maximum Gasteiger partial charge on any atom is 0.230 e. The summed E-state index contributed by atoms with van der Waals surface area (Å²) in [6, 6.07) is 6.18.